The Morgan fingerprint density at radius 3 is 2.89 bits per heavy atom. The van der Waals surface area contributed by atoms with E-state index in [0.29, 0.717) is 0 Å². The molecule has 1 aliphatic carbocycles. The molecule has 0 spiro atoms. The van der Waals surface area contributed by atoms with E-state index in [1.165, 1.54) is 38.2 Å². The fourth-order valence-electron chi connectivity index (χ4n) is 3.12. The van der Waals surface area contributed by atoms with Gasteiger partial charge in [0.05, 0.1) is 23.1 Å². The molecule has 0 unspecified atom stereocenters. The molecule has 2 nitrogen and oxygen atoms in total. The van der Waals surface area contributed by atoms with Crippen LogP contribution < -0.4 is 0 Å². The largest absolute Gasteiger partial charge is 0.302 e. The van der Waals surface area contributed by atoms with Gasteiger partial charge in [0.15, 0.2) is 0 Å². The quantitative estimate of drug-likeness (QED) is 0.800. The number of hydrogen-bond acceptors (Lipinski definition) is 1. The van der Waals surface area contributed by atoms with Crippen LogP contribution in [0, 0.1) is 11.7 Å². The highest BCUT2D eigenvalue weighted by atomic mass is 35.5. The van der Waals surface area contributed by atoms with Crippen molar-refractivity contribution >= 4 is 17.1 Å². The second-order valence-electron chi connectivity index (χ2n) is 5.48. The van der Waals surface area contributed by atoms with Crippen LogP contribution in [0.4, 0.5) is 4.39 Å². The van der Waals surface area contributed by atoms with Crippen molar-refractivity contribution in [2.45, 2.75) is 44.9 Å². The van der Waals surface area contributed by atoms with Crippen molar-refractivity contribution in [2.24, 2.45) is 5.92 Å². The summed E-state index contributed by atoms with van der Waals surface area (Å²) in [5, 5.41) is 0.251. The minimum atomic E-state index is -0.340. The molecule has 0 bridgehead atoms. The van der Waals surface area contributed by atoms with Gasteiger partial charge in [0, 0.05) is 11.8 Å². The molecular formula is C15H18ClFN2. The molecule has 0 aliphatic heterocycles. The van der Waals surface area contributed by atoms with Gasteiger partial charge in [-0.1, -0.05) is 43.7 Å². The lowest BCUT2D eigenvalue weighted by Gasteiger charge is -2.21. The Morgan fingerprint density at radius 1 is 1.32 bits per heavy atom. The summed E-state index contributed by atoms with van der Waals surface area (Å²) in [6, 6.07) is 1.44. The molecule has 102 valence electrons. The highest BCUT2D eigenvalue weighted by molar-refractivity contribution is 6.31. The Hall–Kier alpha value is -1.09. The minimum Gasteiger partial charge on any atom is -0.302 e. The molecule has 0 amide bonds. The number of hydrogen-bond donors (Lipinski definition) is 0. The lowest BCUT2D eigenvalue weighted by atomic mass is 9.86. The Morgan fingerprint density at radius 2 is 2.11 bits per heavy atom. The second-order valence-corrected chi connectivity index (χ2v) is 5.86. The van der Waals surface area contributed by atoms with Crippen LogP contribution in [0.3, 0.4) is 0 Å². The van der Waals surface area contributed by atoms with E-state index in [4.69, 9.17) is 11.6 Å². The van der Waals surface area contributed by atoms with E-state index in [1.54, 1.807) is 12.5 Å². The summed E-state index contributed by atoms with van der Waals surface area (Å²) >= 11 is 6.12. The Labute approximate surface area is 117 Å². The summed E-state index contributed by atoms with van der Waals surface area (Å²) in [5.41, 5.74) is 1.64. The van der Waals surface area contributed by atoms with Crippen LogP contribution in [0.5, 0.6) is 0 Å². The van der Waals surface area contributed by atoms with E-state index >= 15 is 0 Å². The van der Waals surface area contributed by atoms with Gasteiger partial charge in [0.2, 0.25) is 0 Å². The van der Waals surface area contributed by atoms with Crippen molar-refractivity contribution in [3.8, 4) is 0 Å². The van der Waals surface area contributed by atoms with Crippen LogP contribution in [0.15, 0.2) is 18.6 Å². The summed E-state index contributed by atoms with van der Waals surface area (Å²) in [7, 11) is 0. The molecule has 19 heavy (non-hydrogen) atoms. The van der Waals surface area contributed by atoms with Gasteiger partial charge < -0.3 is 4.40 Å². The maximum absolute atomic E-state index is 13.8. The summed E-state index contributed by atoms with van der Waals surface area (Å²) < 4.78 is 15.7. The standard InChI is InChI=1S/C15H18ClFN2/c16-15-13(17)8-12-9-18-10-19(12)14(15)7-6-11-4-2-1-3-5-11/h8-11H,1-7H2. The molecule has 2 aromatic rings. The first kappa shape index (κ1) is 12.9. The summed E-state index contributed by atoms with van der Waals surface area (Å²) in [4.78, 5) is 4.08. The van der Waals surface area contributed by atoms with Gasteiger partial charge in [0.1, 0.15) is 5.82 Å². The SMILES string of the molecule is Fc1cc2cncn2c(CCC2CCCCC2)c1Cl. The number of nitrogens with zero attached hydrogens (tertiary/aromatic N) is 2. The highest BCUT2D eigenvalue weighted by Gasteiger charge is 2.17. The molecule has 2 aromatic heterocycles. The number of imidazole rings is 1. The third-order valence-corrected chi connectivity index (χ3v) is 4.61. The summed E-state index contributed by atoms with van der Waals surface area (Å²) in [6.07, 6.45) is 12.0. The highest BCUT2D eigenvalue weighted by Crippen LogP contribution is 2.30. The van der Waals surface area contributed by atoms with Crippen LogP contribution >= 0.6 is 11.6 Å². The van der Waals surface area contributed by atoms with Crippen molar-refractivity contribution in [1.82, 2.24) is 9.38 Å². The second kappa shape index (κ2) is 5.49. The van der Waals surface area contributed by atoms with Gasteiger partial charge in [-0.05, 0) is 18.8 Å². The number of fused-ring (bicyclic) bond motifs is 1. The predicted molar refractivity (Wildman–Crippen MR) is 75.1 cm³/mol. The van der Waals surface area contributed by atoms with Crippen molar-refractivity contribution in [1.29, 1.82) is 0 Å². The number of aryl methyl sites for hydroxylation is 1. The molecule has 1 saturated carbocycles. The number of pyridine rings is 1. The van der Waals surface area contributed by atoms with Gasteiger partial charge in [-0.25, -0.2) is 9.37 Å². The Kier molecular flexibility index (Phi) is 3.74. The summed E-state index contributed by atoms with van der Waals surface area (Å²) in [5.74, 6) is 0.431. The first-order valence-corrected chi connectivity index (χ1v) is 7.42. The van der Waals surface area contributed by atoms with Gasteiger partial charge in [-0.15, -0.1) is 0 Å². The fraction of sp³-hybridized carbons (Fsp3) is 0.533. The first-order chi connectivity index (χ1) is 9.25. The minimum absolute atomic E-state index is 0.251. The van der Waals surface area contributed by atoms with Crippen LogP contribution in [-0.4, -0.2) is 9.38 Å². The molecule has 1 fully saturated rings. The van der Waals surface area contributed by atoms with Crippen LogP contribution in [0.2, 0.25) is 5.02 Å². The maximum Gasteiger partial charge on any atom is 0.145 e. The molecule has 4 heteroatoms. The maximum atomic E-state index is 13.8. The van der Waals surface area contributed by atoms with Crippen molar-refractivity contribution in [3.05, 3.63) is 35.1 Å². The normalized spacial score (nSPS) is 17.2. The molecule has 0 saturated heterocycles. The lowest BCUT2D eigenvalue weighted by Crippen LogP contribution is -2.09. The van der Waals surface area contributed by atoms with E-state index in [1.807, 2.05) is 4.40 Å². The van der Waals surface area contributed by atoms with Gasteiger partial charge in [0.25, 0.3) is 0 Å². The molecule has 1 aliphatic rings. The van der Waals surface area contributed by atoms with Gasteiger partial charge in [-0.3, -0.25) is 0 Å². The van der Waals surface area contributed by atoms with Crippen LogP contribution in [-0.2, 0) is 6.42 Å². The Balaban J connectivity index is 1.82. The van der Waals surface area contributed by atoms with Crippen molar-refractivity contribution in [2.75, 3.05) is 0 Å². The van der Waals surface area contributed by atoms with Crippen molar-refractivity contribution < 1.29 is 4.39 Å². The van der Waals surface area contributed by atoms with Crippen LogP contribution in [0.25, 0.3) is 5.52 Å². The number of rotatable bonds is 3. The first-order valence-electron chi connectivity index (χ1n) is 7.04. The molecule has 0 N–H and O–H groups in total. The molecule has 3 rings (SSSR count). The van der Waals surface area contributed by atoms with E-state index in [0.717, 1.165) is 30.0 Å². The number of halogens is 2. The molecule has 0 aromatic carbocycles. The smallest absolute Gasteiger partial charge is 0.145 e. The van der Waals surface area contributed by atoms with E-state index in [-0.39, 0.29) is 10.8 Å². The van der Waals surface area contributed by atoms with Crippen molar-refractivity contribution in [3.63, 3.8) is 0 Å². The average molecular weight is 281 g/mol. The van der Waals surface area contributed by atoms with Gasteiger partial charge >= 0.3 is 0 Å². The monoisotopic (exact) mass is 280 g/mol. The zero-order chi connectivity index (χ0) is 13.2. The van der Waals surface area contributed by atoms with Gasteiger partial charge in [-0.2, -0.15) is 0 Å². The Bertz CT molecular complexity index is 573. The third kappa shape index (κ3) is 2.62. The fourth-order valence-corrected chi connectivity index (χ4v) is 3.36. The number of aromatic nitrogens is 2. The average Bonchev–Trinajstić information content (AvgIpc) is 2.88. The predicted octanol–water partition coefficient (Wildman–Crippen LogP) is 4.64. The molecule has 2 heterocycles. The zero-order valence-electron chi connectivity index (χ0n) is 10.9. The molecular weight excluding hydrogens is 263 g/mol. The molecule has 0 radical (unpaired) electrons. The zero-order valence-corrected chi connectivity index (χ0v) is 11.7. The topological polar surface area (TPSA) is 17.3 Å². The van der Waals surface area contributed by atoms with Crippen LogP contribution in [0.1, 0.15) is 44.2 Å². The summed E-state index contributed by atoms with van der Waals surface area (Å²) in [6.45, 7) is 0. The third-order valence-electron chi connectivity index (χ3n) is 4.21. The van der Waals surface area contributed by atoms with E-state index in [2.05, 4.69) is 4.98 Å². The molecule has 0 atom stereocenters. The van der Waals surface area contributed by atoms with E-state index in [9.17, 15) is 4.39 Å². The van der Waals surface area contributed by atoms with E-state index < -0.39 is 0 Å². The lowest BCUT2D eigenvalue weighted by molar-refractivity contribution is 0.338.